The molecule has 0 spiro atoms. The molecule has 1 saturated carbocycles. The Morgan fingerprint density at radius 1 is 1.23 bits per heavy atom. The molecule has 3 aromatic rings. The number of nitrogens with one attached hydrogen (secondary N) is 1. The van der Waals surface area contributed by atoms with Gasteiger partial charge in [-0.15, -0.1) is 0 Å². The topological polar surface area (TPSA) is 87.7 Å². The molecule has 2 aliphatic rings. The maximum Gasteiger partial charge on any atom is 0.233 e. The second-order valence-corrected chi connectivity index (χ2v) is 7.08. The number of halogens is 1. The third-order valence-electron chi connectivity index (χ3n) is 5.09. The van der Waals surface area contributed by atoms with Crippen molar-refractivity contribution in [3.8, 4) is 11.4 Å². The molecule has 3 aromatic heterocycles. The SMILES string of the molecule is O=C1[C@H](Cc2ccc(Cl)nc2)[C@@H]2C[C@@H]2N1c1nc(-c2ccncc2)n[nH]1. The lowest BCUT2D eigenvalue weighted by Crippen LogP contribution is -2.33. The fourth-order valence-electron chi connectivity index (χ4n) is 3.73. The molecule has 0 unspecified atom stereocenters. The number of H-pyrrole nitrogens is 1. The highest BCUT2D eigenvalue weighted by atomic mass is 35.5. The summed E-state index contributed by atoms with van der Waals surface area (Å²) in [6.07, 6.45) is 6.80. The number of nitrogens with zero attached hydrogens (tertiary/aromatic N) is 5. The lowest BCUT2D eigenvalue weighted by Gasteiger charge is -2.17. The van der Waals surface area contributed by atoms with Gasteiger partial charge in [0.05, 0.1) is 0 Å². The van der Waals surface area contributed by atoms with E-state index in [9.17, 15) is 4.79 Å². The second-order valence-electron chi connectivity index (χ2n) is 6.69. The zero-order valence-corrected chi connectivity index (χ0v) is 14.5. The van der Waals surface area contributed by atoms with Crippen molar-refractivity contribution in [3.05, 3.63) is 53.6 Å². The highest BCUT2D eigenvalue weighted by molar-refractivity contribution is 6.29. The highest BCUT2D eigenvalue weighted by Crippen LogP contribution is 2.51. The van der Waals surface area contributed by atoms with Gasteiger partial charge in [-0.3, -0.25) is 14.7 Å². The summed E-state index contributed by atoms with van der Waals surface area (Å²) in [5.41, 5.74) is 1.89. The van der Waals surface area contributed by atoms with Crippen LogP contribution >= 0.6 is 11.6 Å². The Hall–Kier alpha value is -2.80. The standard InChI is InChI=1S/C18H15ClN6O/c19-15-2-1-10(9-21-15)7-13-12-8-14(12)25(17(13)26)18-22-16(23-24-18)11-3-5-20-6-4-11/h1-6,9,12-14H,7-8H2,(H,22,23,24)/t12-,13+,14-/m0/s1. The molecule has 3 atom stereocenters. The monoisotopic (exact) mass is 366 g/mol. The van der Waals surface area contributed by atoms with Crippen LogP contribution in [0.3, 0.4) is 0 Å². The summed E-state index contributed by atoms with van der Waals surface area (Å²) in [5.74, 6) is 1.51. The Balaban J connectivity index is 1.37. The van der Waals surface area contributed by atoms with Crippen molar-refractivity contribution in [2.75, 3.05) is 4.90 Å². The molecule has 8 heteroatoms. The smallest absolute Gasteiger partial charge is 0.233 e. The molecule has 5 rings (SSSR count). The number of hydrogen-bond donors (Lipinski definition) is 1. The first kappa shape index (κ1) is 15.5. The average molecular weight is 367 g/mol. The first-order chi connectivity index (χ1) is 12.7. The van der Waals surface area contributed by atoms with Crippen molar-refractivity contribution in [2.24, 2.45) is 11.8 Å². The predicted octanol–water partition coefficient (Wildman–Crippen LogP) is 2.51. The van der Waals surface area contributed by atoms with Crippen molar-refractivity contribution in [1.82, 2.24) is 25.1 Å². The molecule has 0 bridgehead atoms. The summed E-state index contributed by atoms with van der Waals surface area (Å²) < 4.78 is 0. The molecule has 7 nitrogen and oxygen atoms in total. The van der Waals surface area contributed by atoms with Crippen LogP contribution in [0.2, 0.25) is 5.15 Å². The molecular weight excluding hydrogens is 352 g/mol. The number of rotatable bonds is 4. The van der Waals surface area contributed by atoms with Crippen LogP contribution in [0.4, 0.5) is 5.95 Å². The lowest BCUT2D eigenvalue weighted by molar-refractivity contribution is -0.121. The number of amides is 1. The number of pyridine rings is 2. The number of piperidine rings is 1. The van der Waals surface area contributed by atoms with Crippen molar-refractivity contribution >= 4 is 23.5 Å². The molecule has 1 saturated heterocycles. The van der Waals surface area contributed by atoms with Gasteiger partial charge in [-0.05, 0) is 42.5 Å². The third kappa shape index (κ3) is 2.55. The van der Waals surface area contributed by atoms with Gasteiger partial charge in [-0.1, -0.05) is 17.7 Å². The molecular formula is C18H15ClN6O. The molecule has 0 aromatic carbocycles. The van der Waals surface area contributed by atoms with Crippen LogP contribution in [0.25, 0.3) is 11.4 Å². The van der Waals surface area contributed by atoms with Gasteiger partial charge in [0.1, 0.15) is 5.15 Å². The molecule has 4 heterocycles. The van der Waals surface area contributed by atoms with E-state index in [4.69, 9.17) is 11.6 Å². The van der Waals surface area contributed by atoms with Gasteiger partial charge in [0, 0.05) is 36.1 Å². The average Bonchev–Trinajstić information content (AvgIpc) is 3.18. The van der Waals surface area contributed by atoms with E-state index in [0.717, 1.165) is 17.5 Å². The van der Waals surface area contributed by atoms with Crippen LogP contribution in [0.15, 0.2) is 42.9 Å². The zero-order valence-electron chi connectivity index (χ0n) is 13.7. The largest absolute Gasteiger partial charge is 0.277 e. The minimum atomic E-state index is -0.0440. The van der Waals surface area contributed by atoms with E-state index in [0.29, 0.717) is 29.3 Å². The Morgan fingerprint density at radius 3 is 2.85 bits per heavy atom. The van der Waals surface area contributed by atoms with E-state index >= 15 is 0 Å². The lowest BCUT2D eigenvalue weighted by atomic mass is 9.96. The van der Waals surface area contributed by atoms with Crippen LogP contribution < -0.4 is 4.90 Å². The summed E-state index contributed by atoms with van der Waals surface area (Å²) in [7, 11) is 0. The fourth-order valence-corrected chi connectivity index (χ4v) is 3.84. The molecule has 2 fully saturated rings. The number of aromatic amines is 1. The fraction of sp³-hybridized carbons (Fsp3) is 0.278. The summed E-state index contributed by atoms with van der Waals surface area (Å²) >= 11 is 5.84. The minimum Gasteiger partial charge on any atom is -0.277 e. The molecule has 1 aliphatic heterocycles. The number of fused-ring (bicyclic) bond motifs is 1. The molecule has 1 amide bonds. The molecule has 130 valence electrons. The molecule has 1 aliphatic carbocycles. The van der Waals surface area contributed by atoms with Gasteiger partial charge in [-0.2, -0.15) is 10.1 Å². The van der Waals surface area contributed by atoms with E-state index < -0.39 is 0 Å². The van der Waals surface area contributed by atoms with Crippen molar-refractivity contribution < 1.29 is 4.79 Å². The number of anilines is 1. The first-order valence-electron chi connectivity index (χ1n) is 8.47. The summed E-state index contributed by atoms with van der Waals surface area (Å²) in [6, 6.07) is 7.59. The molecule has 0 radical (unpaired) electrons. The summed E-state index contributed by atoms with van der Waals surface area (Å²) in [6.45, 7) is 0. The van der Waals surface area contributed by atoms with Crippen molar-refractivity contribution in [3.63, 3.8) is 0 Å². The van der Waals surface area contributed by atoms with Gasteiger partial charge in [0.15, 0.2) is 5.82 Å². The number of hydrogen-bond acceptors (Lipinski definition) is 5. The predicted molar refractivity (Wildman–Crippen MR) is 95.4 cm³/mol. The van der Waals surface area contributed by atoms with E-state index in [1.54, 1.807) is 29.6 Å². The number of aromatic nitrogens is 5. The Bertz CT molecular complexity index is 957. The van der Waals surface area contributed by atoms with Crippen LogP contribution in [0, 0.1) is 11.8 Å². The van der Waals surface area contributed by atoms with Crippen LogP contribution in [0.5, 0.6) is 0 Å². The summed E-state index contributed by atoms with van der Waals surface area (Å²) in [4.78, 5) is 27.3. The zero-order chi connectivity index (χ0) is 17.7. The van der Waals surface area contributed by atoms with Gasteiger partial charge in [0.25, 0.3) is 0 Å². The van der Waals surface area contributed by atoms with Gasteiger partial charge >= 0.3 is 0 Å². The maximum atomic E-state index is 12.9. The van der Waals surface area contributed by atoms with Crippen molar-refractivity contribution in [2.45, 2.75) is 18.9 Å². The molecule has 1 N–H and O–H groups in total. The summed E-state index contributed by atoms with van der Waals surface area (Å²) in [5, 5.41) is 7.63. The third-order valence-corrected chi connectivity index (χ3v) is 5.32. The van der Waals surface area contributed by atoms with Crippen LogP contribution in [-0.4, -0.2) is 37.1 Å². The Kier molecular flexibility index (Phi) is 3.49. The Morgan fingerprint density at radius 2 is 2.08 bits per heavy atom. The van der Waals surface area contributed by atoms with E-state index in [1.165, 1.54) is 0 Å². The first-order valence-corrected chi connectivity index (χ1v) is 8.85. The minimum absolute atomic E-state index is 0.0440. The number of carbonyl (C=O) groups is 1. The van der Waals surface area contributed by atoms with Gasteiger partial charge in [-0.25, -0.2) is 10.1 Å². The van der Waals surface area contributed by atoms with E-state index in [2.05, 4.69) is 25.1 Å². The quantitative estimate of drug-likeness (QED) is 0.717. The van der Waals surface area contributed by atoms with E-state index in [1.807, 2.05) is 18.2 Å². The van der Waals surface area contributed by atoms with Gasteiger partial charge in [0.2, 0.25) is 11.9 Å². The van der Waals surface area contributed by atoms with Gasteiger partial charge < -0.3 is 0 Å². The molecule has 26 heavy (non-hydrogen) atoms. The van der Waals surface area contributed by atoms with Crippen LogP contribution in [0.1, 0.15) is 12.0 Å². The highest BCUT2D eigenvalue weighted by Gasteiger charge is 2.59. The maximum absolute atomic E-state index is 12.9. The normalized spacial score (nSPS) is 24.0. The van der Waals surface area contributed by atoms with E-state index in [-0.39, 0.29) is 17.9 Å². The second kappa shape index (κ2) is 5.88. The number of carbonyl (C=O) groups excluding carboxylic acids is 1. The van der Waals surface area contributed by atoms with Crippen molar-refractivity contribution in [1.29, 1.82) is 0 Å². The van der Waals surface area contributed by atoms with Crippen LogP contribution in [-0.2, 0) is 11.2 Å². The Labute approximate surface area is 154 Å².